The molecule has 1 aromatic carbocycles. The van der Waals surface area contributed by atoms with Gasteiger partial charge < -0.3 is 14.5 Å². The minimum atomic E-state index is -3.84. The van der Waals surface area contributed by atoms with Gasteiger partial charge in [-0.05, 0) is 75.1 Å². The molecule has 2 aromatic rings. The normalized spacial score (nSPS) is 18.7. The number of carbonyl (C=O) groups excluding carboxylic acids is 2. The second kappa shape index (κ2) is 10.3. The van der Waals surface area contributed by atoms with Crippen LogP contribution in [0, 0.1) is 0 Å². The number of nitrogens with one attached hydrogen (secondary N) is 1. The number of halogens is 2. The summed E-state index contributed by atoms with van der Waals surface area (Å²) in [4.78, 5) is 29.4. The number of nitrogens with zero attached hydrogens (tertiary/aromatic N) is 2. The summed E-state index contributed by atoms with van der Waals surface area (Å²) in [7, 11) is -3.84. The third kappa shape index (κ3) is 6.41. The van der Waals surface area contributed by atoms with Gasteiger partial charge in [0.05, 0.1) is 15.0 Å². The Balaban J connectivity index is 1.44. The second-order valence-corrected chi connectivity index (χ2v) is 13.4. The summed E-state index contributed by atoms with van der Waals surface area (Å²) in [5.41, 5.74) is 1.84. The zero-order valence-corrected chi connectivity index (χ0v) is 23.2. The van der Waals surface area contributed by atoms with Crippen molar-refractivity contribution < 1.29 is 22.7 Å². The topological polar surface area (TPSA) is 96.0 Å². The number of sulfonamides is 1. The molecule has 12 heteroatoms. The van der Waals surface area contributed by atoms with Crippen LogP contribution in [0.1, 0.15) is 43.2 Å². The maximum absolute atomic E-state index is 13.1. The number of fused-ring (bicyclic) bond motifs is 1. The highest BCUT2D eigenvalue weighted by molar-refractivity contribution is 7.92. The maximum atomic E-state index is 13.1. The molecular weight excluding hydrogens is 545 g/mol. The lowest BCUT2D eigenvalue weighted by molar-refractivity contribution is -0.118. The van der Waals surface area contributed by atoms with E-state index in [1.165, 1.54) is 22.3 Å². The SMILES string of the molecule is CC(C)(C)OC(=O)N1CCc2cc(N3CC[C@H](NS(=O)(=O)/C=C/c4ccc(Cl)s4)C3=O)c(Cl)cc2C1. The zero-order valence-electron chi connectivity index (χ0n) is 20.1. The van der Waals surface area contributed by atoms with E-state index in [9.17, 15) is 18.0 Å². The average molecular weight is 573 g/mol. The highest BCUT2D eigenvalue weighted by Gasteiger charge is 2.36. The molecular formula is C24H27Cl2N3O5S2. The number of benzene rings is 1. The lowest BCUT2D eigenvalue weighted by Crippen LogP contribution is -2.41. The summed E-state index contributed by atoms with van der Waals surface area (Å²) in [5.74, 6) is -0.362. The first-order valence-corrected chi connectivity index (χ1v) is 14.5. The first-order chi connectivity index (χ1) is 16.8. The summed E-state index contributed by atoms with van der Waals surface area (Å²) in [5, 5.41) is 1.40. The van der Waals surface area contributed by atoms with Crippen molar-refractivity contribution in [1.82, 2.24) is 9.62 Å². The second-order valence-electron chi connectivity index (χ2n) is 9.66. The van der Waals surface area contributed by atoms with Crippen LogP contribution in [0.15, 0.2) is 29.7 Å². The van der Waals surface area contributed by atoms with Crippen LogP contribution < -0.4 is 9.62 Å². The van der Waals surface area contributed by atoms with E-state index < -0.39 is 21.7 Å². The fourth-order valence-electron chi connectivity index (χ4n) is 4.10. The van der Waals surface area contributed by atoms with Gasteiger partial charge in [0.2, 0.25) is 15.9 Å². The molecule has 1 atom stereocenters. The molecule has 1 fully saturated rings. The number of amides is 2. The highest BCUT2D eigenvalue weighted by atomic mass is 35.5. The summed E-state index contributed by atoms with van der Waals surface area (Å²) in [6.45, 7) is 6.65. The molecule has 0 spiro atoms. The number of thiophene rings is 1. The zero-order chi connectivity index (χ0) is 26.3. The number of carbonyl (C=O) groups is 2. The van der Waals surface area contributed by atoms with Gasteiger partial charge in [0.1, 0.15) is 11.6 Å². The van der Waals surface area contributed by atoms with Gasteiger partial charge in [-0.1, -0.05) is 23.2 Å². The summed E-state index contributed by atoms with van der Waals surface area (Å²) in [6.07, 6.45) is 1.97. The Bertz CT molecular complexity index is 1320. The number of hydrogen-bond acceptors (Lipinski definition) is 6. The van der Waals surface area contributed by atoms with E-state index in [0.29, 0.717) is 52.4 Å². The van der Waals surface area contributed by atoms with Crippen LogP contribution in [0.2, 0.25) is 9.36 Å². The molecule has 2 aliphatic rings. The van der Waals surface area contributed by atoms with Crippen molar-refractivity contribution in [3.05, 3.63) is 55.0 Å². The first-order valence-electron chi connectivity index (χ1n) is 11.4. The molecule has 36 heavy (non-hydrogen) atoms. The van der Waals surface area contributed by atoms with E-state index in [1.54, 1.807) is 23.1 Å². The molecule has 1 aromatic heterocycles. The Morgan fingerprint density at radius 1 is 1.19 bits per heavy atom. The third-order valence-corrected chi connectivity index (χ3v) is 8.35. The van der Waals surface area contributed by atoms with Crippen LogP contribution in [-0.4, -0.2) is 50.1 Å². The fraction of sp³-hybridized carbons (Fsp3) is 0.417. The Hall–Kier alpha value is -2.11. The Kier molecular flexibility index (Phi) is 7.73. The third-order valence-electron chi connectivity index (χ3n) is 5.74. The molecule has 2 amide bonds. The van der Waals surface area contributed by atoms with Crippen LogP contribution in [0.25, 0.3) is 6.08 Å². The lowest BCUT2D eigenvalue weighted by Gasteiger charge is -2.32. The number of hydrogen-bond donors (Lipinski definition) is 1. The van der Waals surface area contributed by atoms with Crippen LogP contribution >= 0.6 is 34.5 Å². The van der Waals surface area contributed by atoms with E-state index in [-0.39, 0.29) is 12.0 Å². The lowest BCUT2D eigenvalue weighted by atomic mass is 9.99. The molecule has 1 saturated heterocycles. The largest absolute Gasteiger partial charge is 0.444 e. The van der Waals surface area contributed by atoms with Crippen LogP contribution in [0.5, 0.6) is 0 Å². The predicted molar refractivity (Wildman–Crippen MR) is 143 cm³/mol. The Morgan fingerprint density at radius 3 is 2.61 bits per heavy atom. The van der Waals surface area contributed by atoms with E-state index >= 15 is 0 Å². The fourth-order valence-corrected chi connectivity index (χ4v) is 6.45. The van der Waals surface area contributed by atoms with Crippen molar-refractivity contribution in [2.24, 2.45) is 0 Å². The smallest absolute Gasteiger partial charge is 0.410 e. The van der Waals surface area contributed by atoms with Crippen molar-refractivity contribution in [1.29, 1.82) is 0 Å². The Morgan fingerprint density at radius 2 is 1.94 bits per heavy atom. The van der Waals surface area contributed by atoms with Crippen molar-refractivity contribution in [3.63, 3.8) is 0 Å². The molecule has 0 saturated carbocycles. The first kappa shape index (κ1) is 26.9. The monoisotopic (exact) mass is 571 g/mol. The molecule has 8 nitrogen and oxygen atoms in total. The van der Waals surface area contributed by atoms with Crippen molar-refractivity contribution in [3.8, 4) is 0 Å². The molecule has 0 aliphatic carbocycles. The summed E-state index contributed by atoms with van der Waals surface area (Å²) >= 11 is 13.7. The number of anilines is 1. The summed E-state index contributed by atoms with van der Waals surface area (Å²) < 4.78 is 33.5. The molecule has 0 radical (unpaired) electrons. The number of rotatable bonds is 5. The molecule has 0 unspecified atom stereocenters. The van der Waals surface area contributed by atoms with Crippen molar-refractivity contribution in [2.75, 3.05) is 18.0 Å². The minimum absolute atomic E-state index is 0.316. The van der Waals surface area contributed by atoms with Crippen LogP contribution in [0.4, 0.5) is 10.5 Å². The quantitative estimate of drug-likeness (QED) is 0.542. The average Bonchev–Trinajstić information content (AvgIpc) is 3.35. The molecule has 194 valence electrons. The van der Waals surface area contributed by atoms with Crippen molar-refractivity contribution in [2.45, 2.75) is 51.8 Å². The van der Waals surface area contributed by atoms with E-state index in [0.717, 1.165) is 16.5 Å². The van der Waals surface area contributed by atoms with Gasteiger partial charge >= 0.3 is 6.09 Å². The van der Waals surface area contributed by atoms with E-state index in [1.807, 2.05) is 26.8 Å². The molecule has 3 heterocycles. The predicted octanol–water partition coefficient (Wildman–Crippen LogP) is 5.04. The van der Waals surface area contributed by atoms with Gasteiger partial charge in [-0.15, -0.1) is 11.3 Å². The van der Waals surface area contributed by atoms with Crippen LogP contribution in [-0.2, 0) is 32.5 Å². The van der Waals surface area contributed by atoms with Gasteiger partial charge in [-0.25, -0.2) is 13.2 Å². The minimum Gasteiger partial charge on any atom is -0.444 e. The standard InChI is InChI=1S/C24H27Cl2N3O5S2/c1-24(2,3)34-23(31)28-9-6-15-13-20(18(25)12-16(15)14-28)29-10-7-19(22(29)30)27-36(32,33)11-8-17-4-5-21(26)35-17/h4-5,8,11-13,19,27H,6-7,9-10,14H2,1-3H3/b11-8+/t19-/m0/s1. The van der Waals surface area contributed by atoms with Gasteiger partial charge in [-0.3, -0.25) is 4.79 Å². The number of ether oxygens (including phenoxy) is 1. The van der Waals surface area contributed by atoms with Crippen LogP contribution in [0.3, 0.4) is 0 Å². The summed E-state index contributed by atoms with van der Waals surface area (Å²) in [6, 6.07) is 6.14. The highest BCUT2D eigenvalue weighted by Crippen LogP contribution is 2.35. The van der Waals surface area contributed by atoms with E-state index in [2.05, 4.69) is 4.72 Å². The van der Waals surface area contributed by atoms with Gasteiger partial charge in [0.15, 0.2) is 0 Å². The van der Waals surface area contributed by atoms with Gasteiger partial charge in [0.25, 0.3) is 0 Å². The molecule has 1 N–H and O–H groups in total. The molecule has 0 bridgehead atoms. The Labute approximate surface area is 224 Å². The van der Waals surface area contributed by atoms with Crippen molar-refractivity contribution >= 4 is 68.3 Å². The molecule has 4 rings (SSSR count). The maximum Gasteiger partial charge on any atom is 0.410 e. The van der Waals surface area contributed by atoms with Gasteiger partial charge in [-0.2, -0.15) is 4.72 Å². The molecule has 2 aliphatic heterocycles. The van der Waals surface area contributed by atoms with Gasteiger partial charge in [0, 0.05) is 29.9 Å². The van der Waals surface area contributed by atoms with E-state index in [4.69, 9.17) is 27.9 Å².